The van der Waals surface area contributed by atoms with Crippen LogP contribution in [0.1, 0.15) is 42.7 Å². The van der Waals surface area contributed by atoms with Gasteiger partial charge in [-0.25, -0.2) is 4.68 Å². The lowest BCUT2D eigenvalue weighted by Crippen LogP contribution is -2.41. The van der Waals surface area contributed by atoms with Crippen LogP contribution in [-0.2, 0) is 9.47 Å². The number of hydrogen-bond acceptors (Lipinski definition) is 8. The lowest BCUT2D eigenvalue weighted by atomic mass is 9.86. The van der Waals surface area contributed by atoms with Gasteiger partial charge in [0.05, 0.1) is 44.2 Å². The van der Waals surface area contributed by atoms with Crippen molar-refractivity contribution in [2.45, 2.75) is 56.7 Å². The van der Waals surface area contributed by atoms with Gasteiger partial charge in [-0.15, -0.1) is 0 Å². The molecule has 36 heavy (non-hydrogen) atoms. The molecule has 6 heterocycles. The van der Waals surface area contributed by atoms with Gasteiger partial charge in [-0.1, -0.05) is 0 Å². The Morgan fingerprint density at radius 1 is 1.00 bits per heavy atom. The monoisotopic (exact) mass is 490 g/mol. The van der Waals surface area contributed by atoms with Gasteiger partial charge in [0.15, 0.2) is 5.82 Å². The third-order valence-corrected chi connectivity index (χ3v) is 8.62. The van der Waals surface area contributed by atoms with E-state index in [1.54, 1.807) is 7.11 Å². The molecule has 0 aliphatic carbocycles. The fourth-order valence-corrected chi connectivity index (χ4v) is 6.64. The predicted octanol–water partition coefficient (Wildman–Crippen LogP) is 3.08. The van der Waals surface area contributed by atoms with E-state index < -0.39 is 0 Å². The third-order valence-electron chi connectivity index (χ3n) is 8.62. The van der Waals surface area contributed by atoms with E-state index in [2.05, 4.69) is 38.8 Å². The molecule has 7 rings (SSSR count). The number of nitrogens with zero attached hydrogens (tertiary/aromatic N) is 6. The van der Waals surface area contributed by atoms with E-state index in [4.69, 9.17) is 19.3 Å². The van der Waals surface area contributed by atoms with Crippen molar-refractivity contribution in [3.8, 4) is 11.8 Å². The molecule has 4 fully saturated rings. The average molecular weight is 491 g/mol. The number of methoxy groups -OCH3 is 1. The van der Waals surface area contributed by atoms with E-state index >= 15 is 0 Å². The largest absolute Gasteiger partial charge is 0.467 e. The van der Waals surface area contributed by atoms with Gasteiger partial charge in [0, 0.05) is 30.6 Å². The Hall–Kier alpha value is -2.75. The van der Waals surface area contributed by atoms with Crippen LogP contribution in [0.2, 0.25) is 0 Å². The number of likely N-dealkylation sites (tertiary alicyclic amines) is 1. The Bertz CT molecular complexity index is 1260. The van der Waals surface area contributed by atoms with Gasteiger partial charge in [-0.3, -0.25) is 4.90 Å². The van der Waals surface area contributed by atoms with Crippen molar-refractivity contribution in [2.24, 2.45) is 0 Å². The molecule has 0 spiro atoms. The SMILES string of the molecule is COc1nc(N2CC3CC2CO3)cc(-n2ncc3cc(C)c(C4CCN(C5CCOC5)CC4)cc32)n1. The van der Waals surface area contributed by atoms with Crippen LogP contribution in [0, 0.1) is 6.92 Å². The molecular weight excluding hydrogens is 456 g/mol. The van der Waals surface area contributed by atoms with Crippen molar-refractivity contribution < 1.29 is 14.2 Å². The molecule has 3 unspecified atom stereocenters. The van der Waals surface area contributed by atoms with Crippen LogP contribution >= 0.6 is 0 Å². The highest BCUT2D eigenvalue weighted by molar-refractivity contribution is 5.82. The number of rotatable bonds is 5. The maximum atomic E-state index is 5.79. The summed E-state index contributed by atoms with van der Waals surface area (Å²) in [6, 6.07) is 8.00. The van der Waals surface area contributed by atoms with Crippen molar-refractivity contribution in [1.82, 2.24) is 24.6 Å². The van der Waals surface area contributed by atoms with E-state index in [1.165, 1.54) is 30.4 Å². The molecule has 9 nitrogen and oxygen atoms in total. The topological polar surface area (TPSA) is 77.8 Å². The number of morpholine rings is 1. The minimum Gasteiger partial charge on any atom is -0.467 e. The molecule has 1 aromatic carbocycles. The smallest absolute Gasteiger partial charge is 0.320 e. The van der Waals surface area contributed by atoms with Crippen molar-refractivity contribution in [3.05, 3.63) is 35.5 Å². The molecule has 4 aliphatic heterocycles. The Morgan fingerprint density at radius 2 is 1.86 bits per heavy atom. The number of fused-ring (bicyclic) bond motifs is 3. The summed E-state index contributed by atoms with van der Waals surface area (Å²) in [5, 5.41) is 5.88. The van der Waals surface area contributed by atoms with Crippen molar-refractivity contribution in [3.63, 3.8) is 0 Å². The standard InChI is InChI=1S/C27H34N6O3/c1-17-9-19-13-28-33(24(19)11-23(17)18-3-6-31(7-4-18)20-5-8-35-15-20)26-12-25(29-27(30-26)34-2)32-14-22-10-21(32)16-36-22/h9,11-13,18,20-22H,3-8,10,14-16H2,1-2H3. The number of hydrogen-bond donors (Lipinski definition) is 0. The van der Waals surface area contributed by atoms with Gasteiger partial charge in [0.2, 0.25) is 0 Å². The first-order valence-electron chi connectivity index (χ1n) is 13.3. The predicted molar refractivity (Wildman–Crippen MR) is 136 cm³/mol. The second-order valence-corrected chi connectivity index (χ2v) is 10.7. The maximum absolute atomic E-state index is 5.79. The summed E-state index contributed by atoms with van der Waals surface area (Å²) in [5.74, 6) is 2.18. The minimum atomic E-state index is 0.295. The van der Waals surface area contributed by atoms with E-state index in [-0.39, 0.29) is 0 Å². The molecular formula is C27H34N6O3. The summed E-state index contributed by atoms with van der Waals surface area (Å²) in [4.78, 5) is 14.3. The lowest BCUT2D eigenvalue weighted by molar-refractivity contribution is 0.0988. The molecule has 0 saturated carbocycles. The highest BCUT2D eigenvalue weighted by atomic mass is 16.5. The van der Waals surface area contributed by atoms with Gasteiger partial charge in [-0.05, 0) is 74.9 Å². The molecule has 4 aliphatic rings. The molecule has 2 aromatic heterocycles. The number of piperidine rings is 1. The number of ether oxygens (including phenoxy) is 3. The summed E-state index contributed by atoms with van der Waals surface area (Å²) < 4.78 is 18.9. The Labute approximate surface area is 211 Å². The second-order valence-electron chi connectivity index (χ2n) is 10.7. The first kappa shape index (κ1) is 22.4. The number of aryl methyl sites for hydroxylation is 1. The summed E-state index contributed by atoms with van der Waals surface area (Å²) in [5.41, 5.74) is 3.86. The maximum Gasteiger partial charge on any atom is 0.320 e. The van der Waals surface area contributed by atoms with Gasteiger partial charge in [0.25, 0.3) is 0 Å². The minimum absolute atomic E-state index is 0.295. The highest BCUT2D eigenvalue weighted by Crippen LogP contribution is 2.36. The van der Waals surface area contributed by atoms with Crippen LogP contribution in [0.25, 0.3) is 16.7 Å². The number of anilines is 1. The quantitative estimate of drug-likeness (QED) is 0.540. The van der Waals surface area contributed by atoms with E-state index in [9.17, 15) is 0 Å². The van der Waals surface area contributed by atoms with Crippen molar-refractivity contribution in [1.29, 1.82) is 0 Å². The van der Waals surface area contributed by atoms with Crippen LogP contribution in [0.5, 0.6) is 6.01 Å². The average Bonchev–Trinajstić information content (AvgIpc) is 3.73. The molecule has 0 radical (unpaired) electrons. The van der Waals surface area contributed by atoms with Crippen LogP contribution in [0.15, 0.2) is 24.4 Å². The summed E-state index contributed by atoms with van der Waals surface area (Å²) in [7, 11) is 1.62. The molecule has 4 saturated heterocycles. The lowest BCUT2D eigenvalue weighted by Gasteiger charge is -2.36. The number of aromatic nitrogens is 4. The molecule has 3 atom stereocenters. The highest BCUT2D eigenvalue weighted by Gasteiger charge is 2.40. The Morgan fingerprint density at radius 3 is 2.58 bits per heavy atom. The van der Waals surface area contributed by atoms with Crippen LogP contribution in [-0.4, -0.2) is 89.4 Å². The molecule has 9 heteroatoms. The summed E-state index contributed by atoms with van der Waals surface area (Å²) in [6.45, 7) is 7.94. The van der Waals surface area contributed by atoms with Crippen LogP contribution < -0.4 is 9.64 Å². The Balaban J connectivity index is 1.20. The molecule has 0 amide bonds. The first-order valence-corrected chi connectivity index (χ1v) is 13.3. The molecule has 3 aromatic rings. The first-order chi connectivity index (χ1) is 17.7. The van der Waals surface area contributed by atoms with Crippen molar-refractivity contribution >= 4 is 16.7 Å². The van der Waals surface area contributed by atoms with E-state index in [1.807, 2.05) is 16.9 Å². The summed E-state index contributed by atoms with van der Waals surface area (Å²) in [6.07, 6.45) is 6.83. The zero-order valence-electron chi connectivity index (χ0n) is 21.1. The number of benzene rings is 1. The fourth-order valence-electron chi connectivity index (χ4n) is 6.64. The molecule has 0 N–H and O–H groups in total. The molecule has 2 bridgehead atoms. The van der Waals surface area contributed by atoms with Crippen LogP contribution in [0.3, 0.4) is 0 Å². The van der Waals surface area contributed by atoms with Gasteiger partial charge >= 0.3 is 6.01 Å². The van der Waals surface area contributed by atoms with Crippen LogP contribution in [0.4, 0.5) is 5.82 Å². The fraction of sp³-hybridized carbons (Fsp3) is 0.593. The molecule has 190 valence electrons. The third kappa shape index (κ3) is 3.84. The van der Waals surface area contributed by atoms with E-state index in [0.29, 0.717) is 30.1 Å². The normalized spacial score (nSPS) is 26.9. The van der Waals surface area contributed by atoms with E-state index in [0.717, 1.165) is 68.4 Å². The van der Waals surface area contributed by atoms with Gasteiger partial charge in [0.1, 0.15) is 5.82 Å². The summed E-state index contributed by atoms with van der Waals surface area (Å²) >= 11 is 0. The van der Waals surface area contributed by atoms with Gasteiger partial charge in [-0.2, -0.15) is 15.1 Å². The zero-order chi connectivity index (χ0) is 24.2. The van der Waals surface area contributed by atoms with Crippen molar-refractivity contribution in [2.75, 3.05) is 51.5 Å². The second kappa shape index (κ2) is 8.97. The zero-order valence-corrected chi connectivity index (χ0v) is 21.1. The van der Waals surface area contributed by atoms with Gasteiger partial charge < -0.3 is 19.1 Å². The Kier molecular flexibility index (Phi) is 5.59.